The summed E-state index contributed by atoms with van der Waals surface area (Å²) in [4.78, 5) is 15.0. The highest BCUT2D eigenvalue weighted by atomic mass is 35.5. The molecule has 90 valence electrons. The summed E-state index contributed by atoms with van der Waals surface area (Å²) < 4.78 is 0. The van der Waals surface area contributed by atoms with Gasteiger partial charge in [-0.3, -0.25) is 4.99 Å². The molecule has 2 aromatic carbocycles. The van der Waals surface area contributed by atoms with Gasteiger partial charge in [0.05, 0.1) is 11.7 Å². The summed E-state index contributed by atoms with van der Waals surface area (Å²) in [5.74, 6) is -1.25. The van der Waals surface area contributed by atoms with Gasteiger partial charge in [0, 0.05) is 22.4 Å². The van der Waals surface area contributed by atoms with E-state index in [-0.39, 0.29) is 5.56 Å². The second-order valence-electron chi connectivity index (χ2n) is 3.58. The van der Waals surface area contributed by atoms with E-state index in [1.807, 2.05) is 12.1 Å². The highest BCUT2D eigenvalue weighted by molar-refractivity contribution is 6.33. The first-order chi connectivity index (χ1) is 8.68. The molecule has 0 fully saturated rings. The zero-order valence-electron chi connectivity index (χ0n) is 9.34. The number of carboxylic acid groups (broad SMARTS) is 1. The summed E-state index contributed by atoms with van der Waals surface area (Å²) in [5, 5.41) is 11.5. The number of nitrogens with zero attached hydrogens (tertiary/aromatic N) is 1. The van der Waals surface area contributed by atoms with E-state index in [0.717, 1.165) is 5.56 Å². The smallest absolute Gasteiger partial charge is 0.0737 e. The summed E-state index contributed by atoms with van der Waals surface area (Å²) >= 11 is 5.97. The van der Waals surface area contributed by atoms with Gasteiger partial charge < -0.3 is 9.90 Å². The van der Waals surface area contributed by atoms with Crippen LogP contribution in [0.4, 0.5) is 5.69 Å². The van der Waals surface area contributed by atoms with E-state index in [4.69, 9.17) is 11.6 Å². The molecule has 0 saturated carbocycles. The van der Waals surface area contributed by atoms with Crippen LogP contribution in [0.3, 0.4) is 0 Å². The van der Waals surface area contributed by atoms with Crippen molar-refractivity contribution in [2.75, 3.05) is 0 Å². The first-order valence-corrected chi connectivity index (χ1v) is 5.65. The SMILES string of the molecule is O=C([O-])c1ccccc1N=Cc1ccccc1Cl. The van der Waals surface area contributed by atoms with Crippen LogP contribution in [-0.4, -0.2) is 12.2 Å². The minimum absolute atomic E-state index is 0.0563. The quantitative estimate of drug-likeness (QED) is 0.794. The summed E-state index contributed by atoms with van der Waals surface area (Å²) in [6.45, 7) is 0. The predicted octanol–water partition coefficient (Wildman–Crippen LogP) is 2.45. The maximum absolute atomic E-state index is 10.9. The molecule has 0 atom stereocenters. The number of aliphatic imine (C=N–C) groups is 1. The lowest BCUT2D eigenvalue weighted by molar-refractivity contribution is -0.254. The molecule has 0 amide bonds. The highest BCUT2D eigenvalue weighted by Crippen LogP contribution is 2.19. The fourth-order valence-corrected chi connectivity index (χ4v) is 1.66. The summed E-state index contributed by atoms with van der Waals surface area (Å²) in [7, 11) is 0. The zero-order chi connectivity index (χ0) is 13.0. The average molecular weight is 259 g/mol. The second-order valence-corrected chi connectivity index (χ2v) is 3.99. The number of benzene rings is 2. The summed E-state index contributed by atoms with van der Waals surface area (Å²) in [6, 6.07) is 13.6. The topological polar surface area (TPSA) is 52.5 Å². The molecule has 0 heterocycles. The Kier molecular flexibility index (Phi) is 3.75. The molecule has 0 saturated heterocycles. The van der Waals surface area contributed by atoms with Crippen LogP contribution in [0.25, 0.3) is 0 Å². The van der Waals surface area contributed by atoms with E-state index in [1.165, 1.54) is 12.3 Å². The molecule has 0 radical (unpaired) electrons. The lowest BCUT2D eigenvalue weighted by Crippen LogP contribution is -2.22. The highest BCUT2D eigenvalue weighted by Gasteiger charge is 2.00. The van der Waals surface area contributed by atoms with E-state index in [9.17, 15) is 9.90 Å². The molecule has 0 bridgehead atoms. The monoisotopic (exact) mass is 258 g/mol. The third-order valence-electron chi connectivity index (χ3n) is 2.37. The van der Waals surface area contributed by atoms with Crippen molar-refractivity contribution in [2.45, 2.75) is 0 Å². The lowest BCUT2D eigenvalue weighted by Gasteiger charge is -2.05. The standard InChI is InChI=1S/C14H10ClNO2/c15-12-7-3-1-5-10(12)9-16-13-8-4-2-6-11(13)14(17)18/h1-9H,(H,17,18)/p-1. The minimum Gasteiger partial charge on any atom is -0.545 e. The maximum atomic E-state index is 10.9. The van der Waals surface area contributed by atoms with Gasteiger partial charge in [0.25, 0.3) is 0 Å². The normalized spacial score (nSPS) is 10.7. The fourth-order valence-electron chi connectivity index (χ4n) is 1.48. The fraction of sp³-hybridized carbons (Fsp3) is 0. The predicted molar refractivity (Wildman–Crippen MR) is 69.5 cm³/mol. The third kappa shape index (κ3) is 2.76. The van der Waals surface area contributed by atoms with Gasteiger partial charge >= 0.3 is 0 Å². The third-order valence-corrected chi connectivity index (χ3v) is 2.72. The molecule has 2 aromatic rings. The van der Waals surface area contributed by atoms with Crippen LogP contribution >= 0.6 is 11.6 Å². The Labute approximate surface area is 109 Å². The Balaban J connectivity index is 2.35. The molecule has 0 aromatic heterocycles. The molecular formula is C14H9ClNO2-. The van der Waals surface area contributed by atoms with Crippen molar-refractivity contribution >= 4 is 29.5 Å². The van der Waals surface area contributed by atoms with E-state index in [1.54, 1.807) is 30.3 Å². The van der Waals surface area contributed by atoms with Crippen LogP contribution in [0.2, 0.25) is 5.02 Å². The minimum atomic E-state index is -1.25. The first kappa shape index (κ1) is 12.3. The van der Waals surface area contributed by atoms with Crippen LogP contribution < -0.4 is 5.11 Å². The molecule has 4 heteroatoms. The van der Waals surface area contributed by atoms with E-state index in [0.29, 0.717) is 10.7 Å². The van der Waals surface area contributed by atoms with Gasteiger partial charge in [-0.2, -0.15) is 0 Å². The number of carbonyl (C=O) groups excluding carboxylic acids is 1. The Morgan fingerprint density at radius 2 is 1.78 bits per heavy atom. The van der Waals surface area contributed by atoms with Crippen LogP contribution in [0.15, 0.2) is 53.5 Å². The molecule has 0 unspecified atom stereocenters. The molecule has 0 aliphatic rings. The van der Waals surface area contributed by atoms with Crippen molar-refractivity contribution in [3.63, 3.8) is 0 Å². The number of aromatic carboxylic acids is 1. The van der Waals surface area contributed by atoms with E-state index in [2.05, 4.69) is 4.99 Å². The molecule has 3 nitrogen and oxygen atoms in total. The van der Waals surface area contributed by atoms with Gasteiger partial charge in [0.2, 0.25) is 0 Å². The van der Waals surface area contributed by atoms with Crippen LogP contribution in [0, 0.1) is 0 Å². The largest absolute Gasteiger partial charge is 0.545 e. The Bertz CT molecular complexity index is 608. The van der Waals surface area contributed by atoms with Crippen LogP contribution in [-0.2, 0) is 0 Å². The average Bonchev–Trinajstić information content (AvgIpc) is 2.38. The first-order valence-electron chi connectivity index (χ1n) is 5.27. The number of carbonyl (C=O) groups is 1. The van der Waals surface area contributed by atoms with Gasteiger partial charge in [-0.1, -0.05) is 48.0 Å². The molecule has 18 heavy (non-hydrogen) atoms. The zero-order valence-corrected chi connectivity index (χ0v) is 10.1. The Hall–Kier alpha value is -2.13. The molecule has 0 aliphatic heterocycles. The summed E-state index contributed by atoms with van der Waals surface area (Å²) in [6.07, 6.45) is 1.53. The van der Waals surface area contributed by atoms with Crippen molar-refractivity contribution in [1.82, 2.24) is 0 Å². The molecule has 0 N–H and O–H groups in total. The molecule has 0 spiro atoms. The number of hydrogen-bond donors (Lipinski definition) is 0. The van der Waals surface area contributed by atoms with Crippen molar-refractivity contribution in [3.05, 3.63) is 64.7 Å². The Morgan fingerprint density at radius 3 is 2.50 bits per heavy atom. The number of carboxylic acids is 1. The van der Waals surface area contributed by atoms with Crippen molar-refractivity contribution < 1.29 is 9.90 Å². The summed E-state index contributed by atoms with van der Waals surface area (Å²) in [5.41, 5.74) is 1.13. The van der Waals surface area contributed by atoms with Crippen LogP contribution in [0.1, 0.15) is 15.9 Å². The van der Waals surface area contributed by atoms with Crippen molar-refractivity contribution in [2.24, 2.45) is 4.99 Å². The van der Waals surface area contributed by atoms with Gasteiger partial charge in [-0.25, -0.2) is 0 Å². The van der Waals surface area contributed by atoms with E-state index >= 15 is 0 Å². The van der Waals surface area contributed by atoms with E-state index < -0.39 is 5.97 Å². The number of rotatable bonds is 3. The van der Waals surface area contributed by atoms with Gasteiger partial charge in [0.15, 0.2) is 0 Å². The molecule has 2 rings (SSSR count). The number of para-hydroxylation sites is 1. The molecule has 0 aliphatic carbocycles. The Morgan fingerprint density at radius 1 is 1.11 bits per heavy atom. The van der Waals surface area contributed by atoms with Gasteiger partial charge in [-0.05, 0) is 12.1 Å². The maximum Gasteiger partial charge on any atom is 0.0737 e. The van der Waals surface area contributed by atoms with Gasteiger partial charge in [-0.15, -0.1) is 0 Å². The van der Waals surface area contributed by atoms with Crippen molar-refractivity contribution in [1.29, 1.82) is 0 Å². The second kappa shape index (κ2) is 5.47. The number of halogens is 1. The lowest BCUT2D eigenvalue weighted by atomic mass is 10.2. The van der Waals surface area contributed by atoms with Gasteiger partial charge in [0.1, 0.15) is 0 Å². The van der Waals surface area contributed by atoms with Crippen LogP contribution in [0.5, 0.6) is 0 Å². The van der Waals surface area contributed by atoms with Crippen molar-refractivity contribution in [3.8, 4) is 0 Å². The number of hydrogen-bond acceptors (Lipinski definition) is 3. The molecular weight excluding hydrogens is 250 g/mol.